The Morgan fingerprint density at radius 2 is 1.79 bits per heavy atom. The van der Waals surface area contributed by atoms with Crippen molar-refractivity contribution in [1.29, 1.82) is 0 Å². The number of carbonyl (C=O) groups excluding carboxylic acids is 2. The smallest absolute Gasteiger partial charge is 0.414 e. The first kappa shape index (κ1) is 27.4. The molecule has 0 bridgehead atoms. The molecule has 1 aliphatic rings. The zero-order chi connectivity index (χ0) is 27.1. The first-order chi connectivity index (χ1) is 18.2. The van der Waals surface area contributed by atoms with Crippen molar-refractivity contribution < 1.29 is 14.3 Å². The van der Waals surface area contributed by atoms with Crippen LogP contribution in [-0.4, -0.2) is 58.7 Å². The summed E-state index contributed by atoms with van der Waals surface area (Å²) < 4.78 is 5.66. The van der Waals surface area contributed by atoms with Crippen molar-refractivity contribution in [1.82, 2.24) is 9.97 Å². The lowest BCUT2D eigenvalue weighted by molar-refractivity contribution is 0.0580. The fourth-order valence-corrected chi connectivity index (χ4v) is 4.98. The highest BCUT2D eigenvalue weighted by molar-refractivity contribution is 7.99. The number of pyridine rings is 2. The molecule has 1 aliphatic heterocycles. The number of thioether (sulfide) groups is 1. The number of nitrogens with zero attached hydrogens (tertiary/aromatic N) is 4. The van der Waals surface area contributed by atoms with E-state index in [4.69, 9.17) is 4.74 Å². The van der Waals surface area contributed by atoms with Gasteiger partial charge in [0.05, 0.1) is 5.56 Å². The molecular weight excluding hydrogens is 498 g/mol. The fraction of sp³-hybridized carbons (Fsp3) is 0.379. The summed E-state index contributed by atoms with van der Waals surface area (Å²) >= 11 is 1.91. The van der Waals surface area contributed by atoms with Crippen LogP contribution in [0.5, 0.6) is 0 Å². The van der Waals surface area contributed by atoms with Gasteiger partial charge in [-0.2, -0.15) is 11.8 Å². The maximum Gasteiger partial charge on any atom is 0.414 e. The highest BCUT2D eigenvalue weighted by atomic mass is 32.2. The zero-order valence-corrected chi connectivity index (χ0v) is 23.3. The monoisotopic (exact) mass is 533 g/mol. The van der Waals surface area contributed by atoms with E-state index < -0.39 is 11.7 Å². The molecule has 0 saturated carbocycles. The topological polar surface area (TPSA) is 87.7 Å². The number of benzene rings is 1. The summed E-state index contributed by atoms with van der Waals surface area (Å²) in [6.45, 7) is 9.62. The predicted octanol–water partition coefficient (Wildman–Crippen LogP) is 5.57. The Morgan fingerprint density at radius 3 is 2.45 bits per heavy atom. The second-order valence-corrected chi connectivity index (χ2v) is 11.4. The normalized spacial score (nSPS) is 13.6. The van der Waals surface area contributed by atoms with Gasteiger partial charge in [0.15, 0.2) is 0 Å². The Bertz CT molecular complexity index is 1240. The summed E-state index contributed by atoms with van der Waals surface area (Å²) in [6, 6.07) is 16.6. The van der Waals surface area contributed by atoms with Gasteiger partial charge < -0.3 is 15.0 Å². The minimum absolute atomic E-state index is 0.211. The molecular formula is C29H35N5O3S. The van der Waals surface area contributed by atoms with Crippen LogP contribution in [0.25, 0.3) is 0 Å². The third-order valence-corrected chi connectivity index (χ3v) is 6.88. The molecule has 200 valence electrons. The van der Waals surface area contributed by atoms with Crippen molar-refractivity contribution in [2.24, 2.45) is 0 Å². The van der Waals surface area contributed by atoms with Crippen LogP contribution in [0.4, 0.5) is 22.0 Å². The summed E-state index contributed by atoms with van der Waals surface area (Å²) in [5, 5.41) is 2.99. The number of nitrogens with one attached hydrogen (secondary N) is 1. The van der Waals surface area contributed by atoms with Crippen molar-refractivity contribution in [3.05, 3.63) is 77.7 Å². The Balaban J connectivity index is 1.50. The van der Waals surface area contributed by atoms with Crippen LogP contribution in [-0.2, 0) is 11.2 Å². The van der Waals surface area contributed by atoms with Gasteiger partial charge in [-0.05, 0) is 76.2 Å². The third kappa shape index (κ3) is 7.47. The van der Waals surface area contributed by atoms with Gasteiger partial charge in [-0.1, -0.05) is 6.07 Å². The van der Waals surface area contributed by atoms with Crippen LogP contribution in [0.15, 0.2) is 60.8 Å². The van der Waals surface area contributed by atoms with E-state index in [1.165, 1.54) is 0 Å². The standard InChI is InChI=1S/C29H35N5O3S/c1-21-8-13-25(26(31-21)33-17-19-38-20-18-33)27(35)32-23-9-11-24(12-10-23)34(28(36)37-29(2,3)4)16-14-22-7-5-6-15-30-22/h5-13,15H,14,16-20H2,1-4H3,(H,32,35). The van der Waals surface area contributed by atoms with Crippen LogP contribution >= 0.6 is 11.8 Å². The molecule has 0 atom stereocenters. The fourth-order valence-electron chi connectivity index (χ4n) is 4.07. The van der Waals surface area contributed by atoms with E-state index in [0.717, 1.165) is 41.8 Å². The minimum atomic E-state index is -0.624. The number of hydrogen-bond donors (Lipinski definition) is 1. The van der Waals surface area contributed by atoms with E-state index in [1.807, 2.05) is 81.9 Å². The molecule has 1 N–H and O–H groups in total. The first-order valence-electron chi connectivity index (χ1n) is 12.8. The maximum atomic E-state index is 13.3. The minimum Gasteiger partial charge on any atom is -0.443 e. The van der Waals surface area contributed by atoms with Crippen molar-refractivity contribution >= 4 is 41.0 Å². The summed E-state index contributed by atoms with van der Waals surface area (Å²) in [6.07, 6.45) is 1.89. The Kier molecular flexibility index (Phi) is 8.89. The highest BCUT2D eigenvalue weighted by Gasteiger charge is 2.24. The van der Waals surface area contributed by atoms with Gasteiger partial charge in [0.2, 0.25) is 0 Å². The van der Waals surface area contributed by atoms with Crippen molar-refractivity contribution in [2.75, 3.05) is 46.3 Å². The molecule has 38 heavy (non-hydrogen) atoms. The molecule has 0 radical (unpaired) electrons. The van der Waals surface area contributed by atoms with Crippen molar-refractivity contribution in [3.63, 3.8) is 0 Å². The summed E-state index contributed by atoms with van der Waals surface area (Å²) in [5.74, 6) is 2.56. The Hall–Kier alpha value is -3.59. The van der Waals surface area contributed by atoms with Crippen LogP contribution in [0.1, 0.15) is 42.5 Å². The molecule has 0 spiro atoms. The lowest BCUT2D eigenvalue weighted by atomic mass is 10.2. The van der Waals surface area contributed by atoms with Gasteiger partial charge in [-0.15, -0.1) is 0 Å². The van der Waals surface area contributed by atoms with Crippen LogP contribution in [0.2, 0.25) is 0 Å². The van der Waals surface area contributed by atoms with Gasteiger partial charge in [0.25, 0.3) is 5.91 Å². The Morgan fingerprint density at radius 1 is 1.05 bits per heavy atom. The number of amides is 2. The number of anilines is 3. The lowest BCUT2D eigenvalue weighted by Gasteiger charge is -2.29. The number of hydrogen-bond acceptors (Lipinski definition) is 7. The molecule has 3 aromatic rings. The Labute approximate surface area is 228 Å². The van der Waals surface area contributed by atoms with Crippen LogP contribution in [0, 0.1) is 6.92 Å². The third-order valence-electron chi connectivity index (χ3n) is 5.94. The number of rotatable bonds is 7. The largest absolute Gasteiger partial charge is 0.443 e. The maximum absolute atomic E-state index is 13.3. The van der Waals surface area contributed by atoms with E-state index in [0.29, 0.717) is 29.9 Å². The van der Waals surface area contributed by atoms with Crippen LogP contribution < -0.4 is 15.1 Å². The lowest BCUT2D eigenvalue weighted by Crippen LogP contribution is -2.38. The average Bonchev–Trinajstić information content (AvgIpc) is 2.89. The van der Waals surface area contributed by atoms with Crippen molar-refractivity contribution in [2.45, 2.75) is 39.7 Å². The molecule has 3 heterocycles. The number of carbonyl (C=O) groups is 2. The number of ether oxygens (including phenoxy) is 1. The number of aromatic nitrogens is 2. The quantitative estimate of drug-likeness (QED) is 0.424. The summed E-state index contributed by atoms with van der Waals surface area (Å²) in [5.41, 5.74) is 3.01. The summed E-state index contributed by atoms with van der Waals surface area (Å²) in [7, 11) is 0. The number of aryl methyl sites for hydroxylation is 1. The molecule has 0 unspecified atom stereocenters. The van der Waals surface area contributed by atoms with Crippen molar-refractivity contribution in [3.8, 4) is 0 Å². The second-order valence-electron chi connectivity index (χ2n) is 10.1. The second kappa shape index (κ2) is 12.3. The predicted molar refractivity (Wildman–Crippen MR) is 154 cm³/mol. The molecule has 8 nitrogen and oxygen atoms in total. The molecule has 1 aromatic carbocycles. The van der Waals surface area contributed by atoms with E-state index >= 15 is 0 Å². The SMILES string of the molecule is Cc1ccc(C(=O)Nc2ccc(N(CCc3ccccn3)C(=O)OC(C)(C)C)cc2)c(N2CCSCC2)n1. The highest BCUT2D eigenvalue weighted by Crippen LogP contribution is 2.25. The average molecular weight is 534 g/mol. The van der Waals surface area contributed by atoms with E-state index in [2.05, 4.69) is 20.2 Å². The molecule has 2 amide bonds. The van der Waals surface area contributed by atoms with Gasteiger partial charge in [0, 0.05) is 66.5 Å². The molecule has 0 aliphatic carbocycles. The van der Waals surface area contributed by atoms with E-state index in [9.17, 15) is 9.59 Å². The van der Waals surface area contributed by atoms with Gasteiger partial charge in [-0.25, -0.2) is 9.78 Å². The van der Waals surface area contributed by atoms with E-state index in [-0.39, 0.29) is 5.91 Å². The molecule has 2 aromatic heterocycles. The van der Waals surface area contributed by atoms with Gasteiger partial charge in [-0.3, -0.25) is 14.7 Å². The first-order valence-corrected chi connectivity index (χ1v) is 14.0. The molecule has 1 saturated heterocycles. The molecule has 4 rings (SSSR count). The summed E-state index contributed by atoms with van der Waals surface area (Å²) in [4.78, 5) is 39.1. The molecule has 9 heteroatoms. The van der Waals surface area contributed by atoms with Gasteiger partial charge >= 0.3 is 6.09 Å². The molecule has 1 fully saturated rings. The zero-order valence-electron chi connectivity index (χ0n) is 22.4. The van der Waals surface area contributed by atoms with Crippen LogP contribution in [0.3, 0.4) is 0 Å². The van der Waals surface area contributed by atoms with E-state index in [1.54, 1.807) is 23.2 Å². The van der Waals surface area contributed by atoms with Gasteiger partial charge in [0.1, 0.15) is 11.4 Å².